The maximum absolute atomic E-state index is 10.5. The van der Waals surface area contributed by atoms with E-state index in [9.17, 15) is 4.79 Å². The number of hydrogen-bond donors (Lipinski definition) is 0. The Morgan fingerprint density at radius 1 is 1.90 bits per heavy atom. The summed E-state index contributed by atoms with van der Waals surface area (Å²) in [6.07, 6.45) is 2.75. The summed E-state index contributed by atoms with van der Waals surface area (Å²) < 4.78 is 8.77. The maximum atomic E-state index is 10.5. The molecule has 0 atom stereocenters. The summed E-state index contributed by atoms with van der Waals surface area (Å²) in [5.74, 6) is -0.422. The summed E-state index contributed by atoms with van der Waals surface area (Å²) in [6, 6.07) is 0. The molecule has 0 saturated carbocycles. The predicted octanol–water partition coefficient (Wildman–Crippen LogP) is 0.552. The third-order valence-corrected chi connectivity index (χ3v) is 0.970. The minimum Gasteiger partial charge on any atom is -0.462 e. The lowest BCUT2D eigenvalue weighted by Crippen LogP contribution is -2.02. The molecule has 4 heteroatoms. The van der Waals surface area contributed by atoms with Crippen LogP contribution in [0.3, 0.4) is 0 Å². The van der Waals surface area contributed by atoms with Gasteiger partial charge in [-0.1, -0.05) is 0 Å². The Morgan fingerprint density at radius 3 is 3.20 bits per heavy atom. The number of aromatic nitrogens is 1. The van der Waals surface area contributed by atoms with Crippen LogP contribution in [-0.4, -0.2) is 11.0 Å². The standard InChI is InChI=1S/C6H6NO3/c1-9-6(8)2-5-3-10-4-7-5/h3-4H,1-2H2. The normalized spacial score (nSPS) is 9.30. The Morgan fingerprint density at radius 2 is 2.70 bits per heavy atom. The topological polar surface area (TPSA) is 52.3 Å². The molecule has 0 aromatic carbocycles. The fourth-order valence-corrected chi connectivity index (χ4v) is 0.524. The minimum atomic E-state index is -0.422. The van der Waals surface area contributed by atoms with E-state index < -0.39 is 5.97 Å². The van der Waals surface area contributed by atoms with Gasteiger partial charge in [-0.05, 0) is 0 Å². The summed E-state index contributed by atoms with van der Waals surface area (Å²) in [4.78, 5) is 14.2. The fraction of sp³-hybridized carbons (Fsp3) is 0.167. The molecule has 1 radical (unpaired) electrons. The van der Waals surface area contributed by atoms with Crippen molar-refractivity contribution in [3.63, 3.8) is 0 Å². The van der Waals surface area contributed by atoms with Crippen LogP contribution < -0.4 is 0 Å². The molecule has 0 amide bonds. The maximum Gasteiger partial charge on any atom is 0.312 e. The molecule has 0 saturated heterocycles. The van der Waals surface area contributed by atoms with Gasteiger partial charge in [0.2, 0.25) is 0 Å². The summed E-state index contributed by atoms with van der Waals surface area (Å²) in [5.41, 5.74) is 0.550. The molecule has 1 heterocycles. The number of carbonyl (C=O) groups excluding carboxylic acids is 1. The largest absolute Gasteiger partial charge is 0.462 e. The second kappa shape index (κ2) is 3.00. The number of nitrogens with zero attached hydrogens (tertiary/aromatic N) is 1. The van der Waals surface area contributed by atoms with Crippen molar-refractivity contribution < 1.29 is 13.9 Å². The van der Waals surface area contributed by atoms with E-state index in [0.29, 0.717) is 5.69 Å². The molecule has 53 valence electrons. The molecule has 0 aliphatic rings. The number of esters is 1. The highest BCUT2D eigenvalue weighted by Crippen LogP contribution is 1.96. The van der Waals surface area contributed by atoms with Gasteiger partial charge >= 0.3 is 5.97 Å². The summed E-state index contributed by atoms with van der Waals surface area (Å²) in [5, 5.41) is 0. The fourth-order valence-electron chi connectivity index (χ4n) is 0.524. The van der Waals surface area contributed by atoms with Crippen LogP contribution in [0.4, 0.5) is 0 Å². The van der Waals surface area contributed by atoms with Crippen molar-refractivity contribution in [1.82, 2.24) is 4.98 Å². The van der Waals surface area contributed by atoms with E-state index in [2.05, 4.69) is 21.2 Å². The molecule has 0 fully saturated rings. The zero-order chi connectivity index (χ0) is 7.40. The Kier molecular flexibility index (Phi) is 2.04. The van der Waals surface area contributed by atoms with Crippen molar-refractivity contribution in [2.24, 2.45) is 0 Å². The Bertz CT molecular complexity index is 205. The molecule has 1 rings (SSSR count). The molecule has 0 N–H and O–H groups in total. The predicted molar refractivity (Wildman–Crippen MR) is 31.7 cm³/mol. The lowest BCUT2D eigenvalue weighted by atomic mass is 10.3. The molecule has 4 nitrogen and oxygen atoms in total. The van der Waals surface area contributed by atoms with Crippen molar-refractivity contribution in [3.8, 4) is 0 Å². The lowest BCUT2D eigenvalue weighted by molar-refractivity contribution is -0.137. The van der Waals surface area contributed by atoms with Crippen LogP contribution in [0, 0.1) is 7.11 Å². The van der Waals surface area contributed by atoms with Crippen LogP contribution in [0.15, 0.2) is 17.1 Å². The van der Waals surface area contributed by atoms with Crippen LogP contribution in [0.1, 0.15) is 5.69 Å². The van der Waals surface area contributed by atoms with Crippen molar-refractivity contribution >= 4 is 5.97 Å². The van der Waals surface area contributed by atoms with E-state index in [0.717, 1.165) is 0 Å². The van der Waals surface area contributed by atoms with Crippen LogP contribution in [0.25, 0.3) is 0 Å². The van der Waals surface area contributed by atoms with Gasteiger partial charge in [-0.2, -0.15) is 0 Å². The van der Waals surface area contributed by atoms with Gasteiger partial charge in [-0.25, -0.2) is 4.98 Å². The van der Waals surface area contributed by atoms with Crippen LogP contribution in [0.5, 0.6) is 0 Å². The van der Waals surface area contributed by atoms with E-state index in [-0.39, 0.29) is 6.42 Å². The molecule has 1 aromatic heterocycles. The zero-order valence-corrected chi connectivity index (χ0v) is 5.24. The van der Waals surface area contributed by atoms with Crippen molar-refractivity contribution in [3.05, 3.63) is 25.5 Å². The number of hydrogen-bond acceptors (Lipinski definition) is 4. The minimum absolute atomic E-state index is 0.111. The smallest absolute Gasteiger partial charge is 0.312 e. The molecule has 0 aliphatic heterocycles. The average molecular weight is 140 g/mol. The summed E-state index contributed by atoms with van der Waals surface area (Å²) in [7, 11) is 2.96. The highest BCUT2D eigenvalue weighted by Gasteiger charge is 2.03. The molecule has 0 aliphatic carbocycles. The van der Waals surface area contributed by atoms with E-state index in [1.807, 2.05) is 0 Å². The Balaban J connectivity index is 2.48. The van der Waals surface area contributed by atoms with Crippen LogP contribution in [-0.2, 0) is 16.0 Å². The number of rotatable bonds is 2. The third-order valence-electron chi connectivity index (χ3n) is 0.970. The second-order valence-corrected chi connectivity index (χ2v) is 1.67. The van der Waals surface area contributed by atoms with Gasteiger partial charge in [0.1, 0.15) is 13.4 Å². The Hall–Kier alpha value is -1.32. The monoisotopic (exact) mass is 140 g/mol. The lowest BCUT2D eigenvalue weighted by Gasteiger charge is -1.91. The average Bonchev–Trinajstić information content (AvgIpc) is 2.40. The third kappa shape index (κ3) is 1.58. The molecular weight excluding hydrogens is 134 g/mol. The first-order valence-corrected chi connectivity index (χ1v) is 2.65. The summed E-state index contributed by atoms with van der Waals surface area (Å²) >= 11 is 0. The quantitative estimate of drug-likeness (QED) is 0.563. The Labute approximate surface area is 57.8 Å². The van der Waals surface area contributed by atoms with Gasteiger partial charge in [0.15, 0.2) is 6.39 Å². The van der Waals surface area contributed by atoms with Gasteiger partial charge in [0.05, 0.1) is 12.1 Å². The van der Waals surface area contributed by atoms with Gasteiger partial charge in [0.25, 0.3) is 0 Å². The van der Waals surface area contributed by atoms with E-state index in [1.54, 1.807) is 0 Å². The highest BCUT2D eigenvalue weighted by atomic mass is 16.5. The SMILES string of the molecule is [CH2]OC(=O)Cc1cocn1. The van der Waals surface area contributed by atoms with Gasteiger partial charge in [-0.3, -0.25) is 4.79 Å². The molecule has 0 spiro atoms. The molecular formula is C6H6NO3. The first-order chi connectivity index (χ1) is 4.83. The molecule has 0 bridgehead atoms. The molecule has 1 aromatic rings. The first kappa shape index (κ1) is 6.80. The first-order valence-electron chi connectivity index (χ1n) is 2.65. The highest BCUT2D eigenvalue weighted by molar-refractivity contribution is 5.71. The number of carbonyl (C=O) groups is 1. The number of ether oxygens (including phenoxy) is 1. The van der Waals surface area contributed by atoms with Crippen molar-refractivity contribution in [1.29, 1.82) is 0 Å². The zero-order valence-electron chi connectivity index (χ0n) is 5.24. The van der Waals surface area contributed by atoms with Crippen molar-refractivity contribution in [2.45, 2.75) is 6.42 Å². The van der Waals surface area contributed by atoms with E-state index >= 15 is 0 Å². The second-order valence-electron chi connectivity index (χ2n) is 1.67. The van der Waals surface area contributed by atoms with Crippen molar-refractivity contribution in [2.75, 3.05) is 0 Å². The number of oxazole rings is 1. The van der Waals surface area contributed by atoms with Gasteiger partial charge < -0.3 is 9.15 Å². The van der Waals surface area contributed by atoms with Crippen LogP contribution in [0.2, 0.25) is 0 Å². The molecule has 0 unspecified atom stereocenters. The summed E-state index contributed by atoms with van der Waals surface area (Å²) in [6.45, 7) is 0. The molecule has 10 heavy (non-hydrogen) atoms. The van der Waals surface area contributed by atoms with Gasteiger partial charge in [-0.15, -0.1) is 0 Å². The van der Waals surface area contributed by atoms with E-state index in [1.165, 1.54) is 12.7 Å². The van der Waals surface area contributed by atoms with Gasteiger partial charge in [0, 0.05) is 0 Å². The van der Waals surface area contributed by atoms with Crippen LogP contribution >= 0.6 is 0 Å². The van der Waals surface area contributed by atoms with E-state index in [4.69, 9.17) is 0 Å².